The average Bonchev–Trinajstić information content (AvgIpc) is 3.13. The van der Waals surface area contributed by atoms with Gasteiger partial charge in [-0.3, -0.25) is 4.98 Å². The third-order valence-electron chi connectivity index (χ3n) is 8.23. The molecule has 5 rings (SSSR count). The number of halogens is 3. The molecule has 0 spiro atoms. The molecule has 0 fully saturated rings. The zero-order chi connectivity index (χ0) is 37.6. The maximum atomic E-state index is 10.7. The van der Waals surface area contributed by atoms with Crippen LogP contribution in [0.5, 0.6) is 0 Å². The summed E-state index contributed by atoms with van der Waals surface area (Å²) < 4.78 is 61.1. The Morgan fingerprint density at radius 2 is 1.23 bits per heavy atom. The summed E-state index contributed by atoms with van der Waals surface area (Å²) in [6.07, 6.45) is 20.4. The van der Waals surface area contributed by atoms with Crippen LogP contribution >= 0.6 is 0 Å². The first kappa shape index (κ1) is 39.4. The van der Waals surface area contributed by atoms with Gasteiger partial charge in [0.15, 0.2) is 22.0 Å². The van der Waals surface area contributed by atoms with Gasteiger partial charge in [0.2, 0.25) is 18.1 Å². The zero-order valence-electron chi connectivity index (χ0n) is 28.6. The molecule has 11 nitrogen and oxygen atoms in total. The van der Waals surface area contributed by atoms with Gasteiger partial charge < -0.3 is 4.55 Å². The number of aliphatic imine (C=N–C) groups is 2. The summed E-state index contributed by atoms with van der Waals surface area (Å²) >= 11 is 0. The van der Waals surface area contributed by atoms with Crippen molar-refractivity contribution in [2.75, 3.05) is 0 Å². The van der Waals surface area contributed by atoms with E-state index in [1.165, 1.54) is 57.8 Å². The Morgan fingerprint density at radius 1 is 0.731 bits per heavy atom. The number of nitriles is 2. The summed E-state index contributed by atoms with van der Waals surface area (Å²) in [4.78, 5) is 23.2. The van der Waals surface area contributed by atoms with Crippen LogP contribution in [0.4, 0.5) is 13.2 Å². The van der Waals surface area contributed by atoms with Crippen LogP contribution in [-0.4, -0.2) is 44.9 Å². The Labute approximate surface area is 301 Å². The molecule has 1 aliphatic rings. The zero-order valence-corrected chi connectivity index (χ0v) is 29.4. The third kappa shape index (κ3) is 10.1. The number of benzene rings is 1. The second-order valence-electron chi connectivity index (χ2n) is 11.9. The number of hydrogen-bond acceptors (Lipinski definition) is 10. The Morgan fingerprint density at radius 3 is 1.73 bits per heavy atom. The molecular weight excluding hydrogens is 694 g/mol. The van der Waals surface area contributed by atoms with Crippen LogP contribution in [0.15, 0.2) is 83.0 Å². The number of aromatic nitrogens is 4. The molecule has 0 amide bonds. The fourth-order valence-corrected chi connectivity index (χ4v) is 5.76. The van der Waals surface area contributed by atoms with Crippen LogP contribution < -0.4 is 4.57 Å². The fraction of sp³-hybridized carbons (Fsp3) is 0.351. The smallest absolute Gasteiger partial charge is 0.485 e. The molecule has 0 saturated heterocycles. The molecule has 0 N–H and O–H groups in total. The summed E-state index contributed by atoms with van der Waals surface area (Å²) in [6.45, 7) is 3.10. The van der Waals surface area contributed by atoms with Crippen LogP contribution in [-0.2, 0) is 16.7 Å². The van der Waals surface area contributed by atoms with E-state index in [2.05, 4.69) is 32.7 Å². The Kier molecular flexibility index (Phi) is 14.2. The number of hydrogen-bond donors (Lipinski definition) is 0. The maximum absolute atomic E-state index is 10.7. The molecule has 270 valence electrons. The second-order valence-corrected chi connectivity index (χ2v) is 13.2. The van der Waals surface area contributed by atoms with Crippen molar-refractivity contribution in [3.8, 4) is 35.2 Å². The molecule has 0 bridgehead atoms. The first-order valence-corrected chi connectivity index (χ1v) is 18.3. The highest BCUT2D eigenvalue weighted by Gasteiger charge is 2.37. The minimum absolute atomic E-state index is 0.400. The van der Waals surface area contributed by atoms with Crippen LogP contribution in [0.2, 0.25) is 0 Å². The molecule has 1 aromatic carbocycles. The van der Waals surface area contributed by atoms with E-state index in [0.29, 0.717) is 51.0 Å². The SMILES string of the molecule is CCCCCCCCCCCC[n+]1ccccc1-c1nc2c(nc1-c1ccccn1)C(=NC#N)c1ccccc1C2=NC#N.O=S(=O)([O-])C(F)(F)F. The van der Waals surface area contributed by atoms with E-state index >= 15 is 0 Å². The number of rotatable bonds is 13. The first-order chi connectivity index (χ1) is 25.0. The van der Waals surface area contributed by atoms with Crippen molar-refractivity contribution in [2.45, 2.75) is 83.2 Å². The van der Waals surface area contributed by atoms with E-state index in [9.17, 15) is 23.7 Å². The van der Waals surface area contributed by atoms with E-state index in [-0.39, 0.29) is 0 Å². The van der Waals surface area contributed by atoms with Gasteiger partial charge in [0, 0.05) is 35.9 Å². The molecule has 15 heteroatoms. The summed E-state index contributed by atoms with van der Waals surface area (Å²) in [5, 5.41) is 19.2. The van der Waals surface area contributed by atoms with Gasteiger partial charge in [0.25, 0.3) is 0 Å². The molecule has 0 radical (unpaired) electrons. The van der Waals surface area contributed by atoms with Crippen molar-refractivity contribution in [1.29, 1.82) is 10.5 Å². The second kappa shape index (κ2) is 18.7. The van der Waals surface area contributed by atoms with Gasteiger partial charge in [-0.2, -0.15) is 38.2 Å². The largest absolute Gasteiger partial charge is 0.741 e. The van der Waals surface area contributed by atoms with Crippen molar-refractivity contribution < 1.29 is 30.7 Å². The Hall–Kier alpha value is -5.38. The van der Waals surface area contributed by atoms with Crippen molar-refractivity contribution >= 4 is 21.5 Å². The van der Waals surface area contributed by atoms with Crippen LogP contribution in [0.3, 0.4) is 0 Å². The van der Waals surface area contributed by atoms with Gasteiger partial charge in [0.1, 0.15) is 35.0 Å². The minimum atomic E-state index is -6.09. The number of alkyl halides is 3. The van der Waals surface area contributed by atoms with Gasteiger partial charge >= 0.3 is 5.51 Å². The van der Waals surface area contributed by atoms with Crippen LogP contribution in [0.1, 0.15) is 93.6 Å². The molecule has 4 aromatic rings. The number of unbranched alkanes of at least 4 members (excludes halogenated alkanes) is 9. The molecule has 3 heterocycles. The monoisotopic (exact) mass is 730 g/mol. The van der Waals surface area contributed by atoms with E-state index in [1.807, 2.05) is 73.0 Å². The standard InChI is InChI=1S/C36H37N8.CHF3O3S/c1-2-3-4-5-6-7-8-9-10-16-23-44-24-17-14-21-30(44)34-33(29-20-13-15-22-39-29)42-35-31(40-25-37)27-18-11-12-19-28(27)32(41-26-38)36(35)43-34;2-1(3,4)8(5,6)7/h11-15,17-22,24H,2-10,16,23H2,1H3;(H,5,6,7)/q+1;/p-1. The summed E-state index contributed by atoms with van der Waals surface area (Å²) in [7, 11) is -6.09. The van der Waals surface area contributed by atoms with E-state index < -0.39 is 15.6 Å². The molecule has 0 aliphatic heterocycles. The third-order valence-corrected chi connectivity index (χ3v) is 8.80. The average molecular weight is 731 g/mol. The molecule has 52 heavy (non-hydrogen) atoms. The lowest BCUT2D eigenvalue weighted by molar-refractivity contribution is -0.686. The van der Waals surface area contributed by atoms with Gasteiger partial charge in [-0.1, -0.05) is 88.6 Å². The number of fused-ring (bicyclic) bond motifs is 2. The maximum Gasteiger partial charge on any atom is 0.485 e. The molecule has 0 unspecified atom stereocenters. The highest BCUT2D eigenvalue weighted by Crippen LogP contribution is 2.33. The van der Waals surface area contributed by atoms with Crippen LogP contribution in [0, 0.1) is 22.9 Å². The lowest BCUT2D eigenvalue weighted by Crippen LogP contribution is -2.36. The molecule has 1 aliphatic carbocycles. The normalized spacial score (nSPS) is 13.8. The van der Waals surface area contributed by atoms with Gasteiger partial charge in [0.05, 0.1) is 5.69 Å². The topological polar surface area (TPSA) is 172 Å². The van der Waals surface area contributed by atoms with Crippen molar-refractivity contribution in [2.24, 2.45) is 9.98 Å². The molecule has 0 atom stereocenters. The number of aryl methyl sites for hydroxylation is 1. The lowest BCUT2D eigenvalue weighted by atomic mass is 9.88. The minimum Gasteiger partial charge on any atom is -0.741 e. The first-order valence-electron chi connectivity index (χ1n) is 16.9. The predicted molar refractivity (Wildman–Crippen MR) is 187 cm³/mol. The van der Waals surface area contributed by atoms with Crippen molar-refractivity contribution in [3.63, 3.8) is 0 Å². The summed E-state index contributed by atoms with van der Waals surface area (Å²) in [6, 6.07) is 19.2. The van der Waals surface area contributed by atoms with Crippen molar-refractivity contribution in [1.82, 2.24) is 15.0 Å². The van der Waals surface area contributed by atoms with Gasteiger partial charge in [-0.15, -0.1) is 0 Å². The number of nitrogens with zero attached hydrogens (tertiary/aromatic N) is 8. The van der Waals surface area contributed by atoms with Crippen LogP contribution in [0.25, 0.3) is 22.8 Å². The predicted octanol–water partition coefficient (Wildman–Crippen LogP) is 7.42. The van der Waals surface area contributed by atoms with Gasteiger partial charge in [-0.05, 0) is 24.6 Å². The summed E-state index contributed by atoms with van der Waals surface area (Å²) in [5.41, 5.74) is 0.121. The van der Waals surface area contributed by atoms with E-state index in [4.69, 9.17) is 22.9 Å². The summed E-state index contributed by atoms with van der Waals surface area (Å²) in [5.74, 6) is 0. The molecule has 3 aromatic heterocycles. The van der Waals surface area contributed by atoms with E-state index in [0.717, 1.165) is 18.7 Å². The highest BCUT2D eigenvalue weighted by molar-refractivity contribution is 7.86. The Balaban J connectivity index is 0.000000677. The Bertz CT molecular complexity index is 2090. The fourth-order valence-electron chi connectivity index (χ4n) is 5.76. The molecular formula is C37H37F3N8O3S. The quantitative estimate of drug-likeness (QED) is 0.0396. The van der Waals surface area contributed by atoms with Crippen molar-refractivity contribution in [3.05, 3.63) is 95.6 Å². The highest BCUT2D eigenvalue weighted by atomic mass is 32.2. The van der Waals surface area contributed by atoms with Gasteiger partial charge in [-0.25, -0.2) is 18.4 Å². The van der Waals surface area contributed by atoms with E-state index in [1.54, 1.807) is 6.20 Å². The number of pyridine rings is 2. The lowest BCUT2D eigenvalue weighted by Gasteiger charge is -2.22. The molecule has 0 saturated carbocycles.